The fourth-order valence-electron chi connectivity index (χ4n) is 2.02. The van der Waals surface area contributed by atoms with Gasteiger partial charge >= 0.3 is 0 Å². The minimum absolute atomic E-state index is 0.0104. The lowest BCUT2D eigenvalue weighted by atomic mass is 10.2. The van der Waals surface area contributed by atoms with E-state index in [-0.39, 0.29) is 32.5 Å². The van der Waals surface area contributed by atoms with E-state index in [1.54, 1.807) is 4.90 Å². The molecular formula is C12H12Cl3NO3S. The van der Waals surface area contributed by atoms with Gasteiger partial charge in [-0.15, -0.1) is 0 Å². The van der Waals surface area contributed by atoms with Crippen LogP contribution in [0.3, 0.4) is 0 Å². The lowest BCUT2D eigenvalue weighted by Crippen LogP contribution is -2.33. The van der Waals surface area contributed by atoms with Crippen molar-refractivity contribution in [2.24, 2.45) is 0 Å². The Morgan fingerprint density at radius 1 is 1.35 bits per heavy atom. The van der Waals surface area contributed by atoms with Gasteiger partial charge in [-0.2, -0.15) is 0 Å². The van der Waals surface area contributed by atoms with Crippen molar-refractivity contribution < 1.29 is 13.2 Å². The summed E-state index contributed by atoms with van der Waals surface area (Å²) in [7, 11) is 1.27. The monoisotopic (exact) mass is 355 g/mol. The van der Waals surface area contributed by atoms with E-state index in [1.807, 2.05) is 6.92 Å². The Morgan fingerprint density at radius 3 is 2.40 bits per heavy atom. The van der Waals surface area contributed by atoms with Crippen molar-refractivity contribution in [2.45, 2.75) is 30.7 Å². The van der Waals surface area contributed by atoms with E-state index < -0.39 is 9.05 Å². The number of halogens is 3. The van der Waals surface area contributed by atoms with Gasteiger partial charge in [0.25, 0.3) is 15.0 Å². The Hall–Kier alpha value is -0.490. The first kappa shape index (κ1) is 15.9. The minimum Gasteiger partial charge on any atom is -0.336 e. The fraction of sp³-hybridized carbons (Fsp3) is 0.417. The quantitative estimate of drug-likeness (QED) is 0.775. The first-order valence-corrected chi connectivity index (χ1v) is 9.07. The van der Waals surface area contributed by atoms with Crippen LogP contribution in [0.2, 0.25) is 10.0 Å². The summed E-state index contributed by atoms with van der Waals surface area (Å²) in [4.78, 5) is 13.8. The van der Waals surface area contributed by atoms with Gasteiger partial charge in [0.05, 0.1) is 15.6 Å². The smallest absolute Gasteiger partial charge is 0.262 e. The molecule has 0 saturated heterocycles. The van der Waals surface area contributed by atoms with Gasteiger partial charge in [0.1, 0.15) is 4.90 Å². The third-order valence-corrected chi connectivity index (χ3v) is 5.31. The Labute approximate surface area is 132 Å². The second-order valence-electron chi connectivity index (χ2n) is 4.49. The van der Waals surface area contributed by atoms with Crippen LogP contribution in [0.15, 0.2) is 17.0 Å². The van der Waals surface area contributed by atoms with E-state index >= 15 is 0 Å². The topological polar surface area (TPSA) is 54.5 Å². The van der Waals surface area contributed by atoms with E-state index in [1.165, 1.54) is 12.1 Å². The zero-order valence-corrected chi connectivity index (χ0v) is 13.7. The molecule has 1 amide bonds. The number of benzene rings is 1. The summed E-state index contributed by atoms with van der Waals surface area (Å²) in [5, 5.41) is -0.111. The molecule has 0 bridgehead atoms. The van der Waals surface area contributed by atoms with Gasteiger partial charge in [0.15, 0.2) is 0 Å². The zero-order valence-electron chi connectivity index (χ0n) is 10.6. The number of rotatable bonds is 4. The van der Waals surface area contributed by atoms with Gasteiger partial charge in [-0.1, -0.05) is 23.2 Å². The van der Waals surface area contributed by atoms with Gasteiger partial charge in [0, 0.05) is 23.3 Å². The molecule has 20 heavy (non-hydrogen) atoms. The number of nitrogens with zero attached hydrogens (tertiary/aromatic N) is 1. The maximum atomic E-state index is 12.5. The molecule has 1 saturated carbocycles. The zero-order chi connectivity index (χ0) is 15.1. The molecule has 0 aliphatic heterocycles. The van der Waals surface area contributed by atoms with E-state index in [0.717, 1.165) is 12.8 Å². The highest BCUT2D eigenvalue weighted by molar-refractivity contribution is 8.13. The molecule has 110 valence electrons. The first-order chi connectivity index (χ1) is 9.27. The van der Waals surface area contributed by atoms with E-state index in [0.29, 0.717) is 6.54 Å². The molecule has 0 spiro atoms. The summed E-state index contributed by atoms with van der Waals surface area (Å²) >= 11 is 12.0. The Bertz CT molecular complexity index is 656. The summed E-state index contributed by atoms with van der Waals surface area (Å²) < 4.78 is 22.9. The van der Waals surface area contributed by atoms with Crippen LogP contribution >= 0.6 is 33.9 Å². The van der Waals surface area contributed by atoms with Crippen LogP contribution in [0.1, 0.15) is 30.1 Å². The molecule has 4 nitrogen and oxygen atoms in total. The summed E-state index contributed by atoms with van der Waals surface area (Å²) in [6.07, 6.45) is 1.87. The largest absolute Gasteiger partial charge is 0.336 e. The molecule has 0 radical (unpaired) electrons. The number of carbonyl (C=O) groups is 1. The van der Waals surface area contributed by atoms with Gasteiger partial charge < -0.3 is 4.90 Å². The van der Waals surface area contributed by atoms with Gasteiger partial charge in [0.2, 0.25) is 0 Å². The van der Waals surface area contributed by atoms with Crippen molar-refractivity contribution in [3.05, 3.63) is 27.7 Å². The lowest BCUT2D eigenvalue weighted by Gasteiger charge is -2.22. The van der Waals surface area contributed by atoms with Crippen molar-refractivity contribution in [3.63, 3.8) is 0 Å². The average molecular weight is 357 g/mol. The van der Waals surface area contributed by atoms with E-state index in [9.17, 15) is 13.2 Å². The number of carbonyl (C=O) groups excluding carboxylic acids is 1. The molecule has 1 aromatic rings. The van der Waals surface area contributed by atoms with Crippen molar-refractivity contribution >= 4 is 48.8 Å². The molecule has 2 rings (SSSR count). The van der Waals surface area contributed by atoms with Gasteiger partial charge in [-0.05, 0) is 31.9 Å². The van der Waals surface area contributed by atoms with Crippen LogP contribution < -0.4 is 0 Å². The highest BCUT2D eigenvalue weighted by Gasteiger charge is 2.34. The van der Waals surface area contributed by atoms with Crippen molar-refractivity contribution in [2.75, 3.05) is 6.54 Å². The van der Waals surface area contributed by atoms with Crippen molar-refractivity contribution in [1.29, 1.82) is 0 Å². The van der Waals surface area contributed by atoms with Crippen LogP contribution in [0.5, 0.6) is 0 Å². The SMILES string of the molecule is CCN(C(=O)c1c(Cl)ccc(S(=O)(=O)Cl)c1Cl)C1CC1. The molecule has 0 unspecified atom stereocenters. The van der Waals surface area contributed by atoms with Crippen LogP contribution in [0.4, 0.5) is 0 Å². The van der Waals surface area contributed by atoms with E-state index in [2.05, 4.69) is 0 Å². The standard InChI is InChI=1S/C12H12Cl3NO3S/c1-2-16(7-3-4-7)12(17)10-8(13)5-6-9(11(10)14)20(15,18)19/h5-7H,2-4H2,1H3. The lowest BCUT2D eigenvalue weighted by molar-refractivity contribution is 0.0752. The number of hydrogen-bond donors (Lipinski definition) is 0. The molecule has 0 atom stereocenters. The fourth-order valence-corrected chi connectivity index (χ4v) is 3.90. The molecule has 1 aliphatic carbocycles. The van der Waals surface area contributed by atoms with Gasteiger partial charge in [-0.3, -0.25) is 4.79 Å². The highest BCUT2D eigenvalue weighted by atomic mass is 35.7. The molecule has 8 heteroatoms. The number of amides is 1. The third kappa shape index (κ3) is 3.06. The predicted molar refractivity (Wildman–Crippen MR) is 79.2 cm³/mol. The molecule has 1 fully saturated rings. The maximum Gasteiger partial charge on any atom is 0.262 e. The van der Waals surface area contributed by atoms with Crippen molar-refractivity contribution in [3.8, 4) is 0 Å². The Morgan fingerprint density at radius 2 is 1.95 bits per heavy atom. The van der Waals surface area contributed by atoms with Crippen LogP contribution in [0, 0.1) is 0 Å². The normalized spacial score (nSPS) is 15.2. The van der Waals surface area contributed by atoms with E-state index in [4.69, 9.17) is 33.9 Å². The van der Waals surface area contributed by atoms with Crippen LogP contribution in [-0.2, 0) is 9.05 Å². The Kier molecular flexibility index (Phi) is 4.54. The molecule has 0 heterocycles. The second-order valence-corrected chi connectivity index (χ2v) is 7.81. The third-order valence-electron chi connectivity index (χ3n) is 3.12. The summed E-state index contributed by atoms with van der Waals surface area (Å²) in [5.74, 6) is -0.368. The molecule has 0 aromatic heterocycles. The molecule has 0 N–H and O–H groups in total. The average Bonchev–Trinajstić information content (AvgIpc) is 3.12. The molecular weight excluding hydrogens is 345 g/mol. The van der Waals surface area contributed by atoms with Crippen molar-refractivity contribution in [1.82, 2.24) is 4.90 Å². The summed E-state index contributed by atoms with van der Waals surface area (Å²) in [6, 6.07) is 2.68. The highest BCUT2D eigenvalue weighted by Crippen LogP contribution is 2.36. The minimum atomic E-state index is -4.03. The predicted octanol–water partition coefficient (Wildman–Crippen LogP) is 3.55. The van der Waals surface area contributed by atoms with Crippen LogP contribution in [0.25, 0.3) is 0 Å². The first-order valence-electron chi connectivity index (χ1n) is 6.01. The summed E-state index contributed by atoms with van der Waals surface area (Å²) in [5.41, 5.74) is -0.0104. The van der Waals surface area contributed by atoms with Gasteiger partial charge in [-0.25, -0.2) is 8.42 Å². The summed E-state index contributed by atoms with van der Waals surface area (Å²) in [6.45, 7) is 2.36. The second kappa shape index (κ2) is 5.72. The Balaban J connectivity index is 2.53. The van der Waals surface area contributed by atoms with Crippen LogP contribution in [-0.4, -0.2) is 31.8 Å². The maximum absolute atomic E-state index is 12.5. The molecule has 1 aliphatic rings. The number of hydrogen-bond acceptors (Lipinski definition) is 3. The molecule has 1 aromatic carbocycles.